The number of aliphatic imine (C=N–C) groups is 1. The van der Waals surface area contributed by atoms with Crippen LogP contribution in [0.1, 0.15) is 32.8 Å². The summed E-state index contributed by atoms with van der Waals surface area (Å²) < 4.78 is -0.636. The monoisotopic (exact) mass is 269 g/mol. The average molecular weight is 270 g/mol. The molecule has 1 aromatic rings. The Hall–Kier alpha value is -0.530. The maximum absolute atomic E-state index is 6.10. The molecule has 0 amide bonds. The molecule has 1 aliphatic rings. The van der Waals surface area contributed by atoms with Gasteiger partial charge in [0.05, 0.1) is 5.54 Å². The van der Waals surface area contributed by atoms with E-state index < -0.39 is 4.33 Å². The molecule has 0 heterocycles. The average Bonchev–Trinajstić information content (AvgIpc) is 2.78. The van der Waals surface area contributed by atoms with Crippen LogP contribution in [0.3, 0.4) is 0 Å². The lowest BCUT2D eigenvalue weighted by atomic mass is 9.95. The number of hydrogen-bond donors (Lipinski definition) is 0. The van der Waals surface area contributed by atoms with Gasteiger partial charge < -0.3 is 0 Å². The summed E-state index contributed by atoms with van der Waals surface area (Å²) in [6, 6.07) is 10.2. The van der Waals surface area contributed by atoms with Crippen LogP contribution in [0, 0.1) is 5.41 Å². The minimum absolute atomic E-state index is 0.178. The largest absolute Gasteiger partial charge is 0.286 e. The van der Waals surface area contributed by atoms with Crippen LogP contribution in [0.5, 0.6) is 0 Å². The van der Waals surface area contributed by atoms with Crippen LogP contribution in [0.25, 0.3) is 0 Å². The molecule has 1 atom stereocenters. The number of rotatable bonds is 3. The number of nitrogens with zero attached hydrogens (tertiary/aromatic N) is 1. The first kappa shape index (κ1) is 12.9. The zero-order valence-corrected chi connectivity index (χ0v) is 11.9. The Bertz CT molecular complexity index is 437. The Balaban J connectivity index is 2.17. The lowest BCUT2D eigenvalue weighted by molar-refractivity contribution is 0.554. The summed E-state index contributed by atoms with van der Waals surface area (Å²) >= 11 is 12.2. The van der Waals surface area contributed by atoms with Gasteiger partial charge in [-0.15, -0.1) is 23.2 Å². The molecule has 0 bridgehead atoms. The Morgan fingerprint density at radius 3 is 2.24 bits per heavy atom. The molecule has 1 unspecified atom stereocenters. The van der Waals surface area contributed by atoms with Gasteiger partial charge >= 0.3 is 0 Å². The highest BCUT2D eigenvalue weighted by Gasteiger charge is 2.62. The fourth-order valence-corrected chi connectivity index (χ4v) is 2.43. The first-order valence-electron chi connectivity index (χ1n) is 5.77. The molecule has 2 rings (SSSR count). The summed E-state index contributed by atoms with van der Waals surface area (Å²) in [5.41, 5.74) is 0.772. The summed E-state index contributed by atoms with van der Waals surface area (Å²) in [4.78, 5) is 4.66. The number of alkyl halides is 2. The van der Waals surface area contributed by atoms with E-state index in [1.807, 2.05) is 31.3 Å². The van der Waals surface area contributed by atoms with E-state index in [4.69, 9.17) is 23.2 Å². The summed E-state index contributed by atoms with van der Waals surface area (Å²) in [7, 11) is 0. The van der Waals surface area contributed by atoms with E-state index in [0.717, 1.165) is 6.42 Å². The van der Waals surface area contributed by atoms with Crippen molar-refractivity contribution in [3.8, 4) is 0 Å². The third kappa shape index (κ3) is 2.51. The van der Waals surface area contributed by atoms with E-state index in [9.17, 15) is 0 Å². The third-order valence-corrected chi connectivity index (χ3v) is 4.58. The summed E-state index contributed by atoms with van der Waals surface area (Å²) in [6.07, 6.45) is 2.69. The quantitative estimate of drug-likeness (QED) is 0.563. The number of benzene rings is 1. The molecule has 0 aromatic heterocycles. The molecule has 92 valence electrons. The maximum Gasteiger partial charge on any atom is 0.129 e. The topological polar surface area (TPSA) is 12.4 Å². The second kappa shape index (κ2) is 4.00. The molecule has 1 saturated carbocycles. The molecule has 1 aromatic carbocycles. The van der Waals surface area contributed by atoms with Crippen molar-refractivity contribution in [2.45, 2.75) is 37.1 Å². The SMILES string of the molecule is CC(C)(N=CC1(C)CC1(Cl)Cl)c1ccccc1. The zero-order valence-electron chi connectivity index (χ0n) is 10.4. The molecule has 17 heavy (non-hydrogen) atoms. The zero-order chi connectivity index (χ0) is 12.7. The number of halogens is 2. The summed E-state index contributed by atoms with van der Waals surface area (Å²) in [6.45, 7) is 6.22. The Kier molecular flexibility index (Phi) is 3.04. The first-order chi connectivity index (χ1) is 7.77. The van der Waals surface area contributed by atoms with Gasteiger partial charge in [-0.1, -0.05) is 37.3 Å². The Morgan fingerprint density at radius 1 is 1.24 bits per heavy atom. The van der Waals surface area contributed by atoms with E-state index in [0.29, 0.717) is 0 Å². The molecular weight excluding hydrogens is 253 g/mol. The standard InChI is InChI=1S/C14H17Cl2N/c1-12(2,11-7-5-4-6-8-11)17-10-13(3)9-14(13,15)16/h4-8,10H,9H2,1-3H3. The molecule has 1 fully saturated rings. The van der Waals surface area contributed by atoms with Crippen molar-refractivity contribution in [2.24, 2.45) is 10.4 Å². The van der Waals surface area contributed by atoms with Gasteiger partial charge in [-0.3, -0.25) is 4.99 Å². The fraction of sp³-hybridized carbons (Fsp3) is 0.500. The van der Waals surface area contributed by atoms with Crippen molar-refractivity contribution < 1.29 is 0 Å². The Morgan fingerprint density at radius 2 is 1.76 bits per heavy atom. The molecule has 1 aliphatic carbocycles. The highest BCUT2D eigenvalue weighted by atomic mass is 35.5. The predicted octanol–water partition coefficient (Wildman–Crippen LogP) is 4.58. The molecule has 1 nitrogen and oxygen atoms in total. The van der Waals surface area contributed by atoms with Gasteiger partial charge in [-0.05, 0) is 25.8 Å². The molecule has 0 N–H and O–H groups in total. The maximum atomic E-state index is 6.10. The van der Waals surface area contributed by atoms with Crippen LogP contribution in [0.15, 0.2) is 35.3 Å². The van der Waals surface area contributed by atoms with Gasteiger partial charge in [0.15, 0.2) is 0 Å². The third-order valence-electron chi connectivity index (χ3n) is 3.45. The summed E-state index contributed by atoms with van der Waals surface area (Å²) in [5.74, 6) is 0. The second-order valence-corrected chi connectivity index (χ2v) is 6.97. The molecule has 0 radical (unpaired) electrons. The fourth-order valence-electron chi connectivity index (χ4n) is 1.78. The van der Waals surface area contributed by atoms with Crippen LogP contribution in [0.4, 0.5) is 0 Å². The van der Waals surface area contributed by atoms with Gasteiger partial charge in [0.25, 0.3) is 0 Å². The van der Waals surface area contributed by atoms with Crippen molar-refractivity contribution in [1.82, 2.24) is 0 Å². The van der Waals surface area contributed by atoms with Crippen molar-refractivity contribution in [1.29, 1.82) is 0 Å². The van der Waals surface area contributed by atoms with Crippen LogP contribution < -0.4 is 0 Å². The highest BCUT2D eigenvalue weighted by molar-refractivity contribution is 6.52. The van der Waals surface area contributed by atoms with Gasteiger partial charge in [0.1, 0.15) is 4.33 Å². The van der Waals surface area contributed by atoms with Crippen molar-refractivity contribution in [3.63, 3.8) is 0 Å². The van der Waals surface area contributed by atoms with Crippen LogP contribution in [-0.2, 0) is 5.54 Å². The van der Waals surface area contributed by atoms with Gasteiger partial charge in [0.2, 0.25) is 0 Å². The van der Waals surface area contributed by atoms with Crippen molar-refractivity contribution >= 4 is 29.4 Å². The molecular formula is C14H17Cl2N. The van der Waals surface area contributed by atoms with Crippen LogP contribution >= 0.6 is 23.2 Å². The first-order valence-corrected chi connectivity index (χ1v) is 6.52. The molecule has 0 saturated heterocycles. The van der Waals surface area contributed by atoms with Gasteiger partial charge in [-0.25, -0.2) is 0 Å². The smallest absolute Gasteiger partial charge is 0.129 e. The molecule has 0 spiro atoms. The van der Waals surface area contributed by atoms with E-state index in [-0.39, 0.29) is 11.0 Å². The number of hydrogen-bond acceptors (Lipinski definition) is 1. The van der Waals surface area contributed by atoms with Crippen LogP contribution in [-0.4, -0.2) is 10.5 Å². The predicted molar refractivity (Wildman–Crippen MR) is 75.1 cm³/mol. The van der Waals surface area contributed by atoms with E-state index >= 15 is 0 Å². The summed E-state index contributed by atoms with van der Waals surface area (Å²) in [5, 5.41) is 0. The lowest BCUT2D eigenvalue weighted by Crippen LogP contribution is -2.16. The van der Waals surface area contributed by atoms with Gasteiger partial charge in [0, 0.05) is 11.6 Å². The van der Waals surface area contributed by atoms with E-state index in [1.54, 1.807) is 0 Å². The minimum atomic E-state index is -0.636. The lowest BCUT2D eigenvalue weighted by Gasteiger charge is -2.21. The second-order valence-electron chi connectivity index (χ2n) is 5.48. The van der Waals surface area contributed by atoms with Crippen LogP contribution in [0.2, 0.25) is 0 Å². The molecule has 0 aliphatic heterocycles. The van der Waals surface area contributed by atoms with E-state index in [1.165, 1.54) is 5.56 Å². The van der Waals surface area contributed by atoms with Crippen molar-refractivity contribution in [2.75, 3.05) is 0 Å². The highest BCUT2D eigenvalue weighted by Crippen LogP contribution is 2.62. The van der Waals surface area contributed by atoms with Gasteiger partial charge in [-0.2, -0.15) is 0 Å². The van der Waals surface area contributed by atoms with Crippen molar-refractivity contribution in [3.05, 3.63) is 35.9 Å². The van der Waals surface area contributed by atoms with E-state index in [2.05, 4.69) is 31.0 Å². The minimum Gasteiger partial charge on any atom is -0.286 e. The molecule has 3 heteroatoms. The Labute approximate surface area is 113 Å². The normalized spacial score (nSPS) is 27.4.